The second kappa shape index (κ2) is 9.36. The first-order chi connectivity index (χ1) is 15.3. The fourth-order valence-corrected chi connectivity index (χ4v) is 4.81. The maximum absolute atomic E-state index is 12.7. The second-order valence-electron chi connectivity index (χ2n) is 7.48. The summed E-state index contributed by atoms with van der Waals surface area (Å²) in [5, 5.41) is 0. The van der Waals surface area contributed by atoms with E-state index in [9.17, 15) is 12.6 Å². The van der Waals surface area contributed by atoms with Crippen LogP contribution in [0.15, 0.2) is 93.6 Å². The van der Waals surface area contributed by atoms with Crippen molar-refractivity contribution in [3.8, 4) is 0 Å². The van der Waals surface area contributed by atoms with E-state index in [0.29, 0.717) is 10.8 Å². The van der Waals surface area contributed by atoms with Gasteiger partial charge in [-0.05, 0) is 48.9 Å². The standard InChI is InChI=1S/C24H23NO5S2/c1-17-8-14-21(15-9-17)32(27,28)29-16-22-23(18-10-12-20(13-11-18)31(2)26)30-24(25-22)19-6-4-3-5-7-19/h3-15,22-23H,16H2,1-2H3/t22-,23-,31-/m0/s1. The van der Waals surface area contributed by atoms with Crippen LogP contribution in [0.2, 0.25) is 0 Å². The first-order valence-corrected chi connectivity index (χ1v) is 13.0. The zero-order valence-electron chi connectivity index (χ0n) is 17.7. The molecule has 32 heavy (non-hydrogen) atoms. The summed E-state index contributed by atoms with van der Waals surface area (Å²) in [4.78, 5) is 5.43. The average molecular weight is 470 g/mol. The predicted octanol–water partition coefficient (Wildman–Crippen LogP) is 4.02. The molecule has 0 saturated heterocycles. The van der Waals surface area contributed by atoms with Gasteiger partial charge in [0.15, 0.2) is 6.10 Å². The molecule has 1 aliphatic heterocycles. The van der Waals surface area contributed by atoms with Gasteiger partial charge in [-0.25, -0.2) is 4.99 Å². The van der Waals surface area contributed by atoms with Crippen LogP contribution in [0, 0.1) is 6.92 Å². The normalized spacial score (nSPS) is 19.2. The molecule has 3 atom stereocenters. The molecule has 3 aromatic carbocycles. The van der Waals surface area contributed by atoms with Crippen molar-refractivity contribution in [1.82, 2.24) is 0 Å². The van der Waals surface area contributed by atoms with Gasteiger partial charge in [-0.2, -0.15) is 8.42 Å². The largest absolute Gasteiger partial charge is 0.467 e. The van der Waals surface area contributed by atoms with Crippen LogP contribution in [0.1, 0.15) is 22.8 Å². The molecule has 0 unspecified atom stereocenters. The minimum Gasteiger partial charge on any atom is -0.467 e. The summed E-state index contributed by atoms with van der Waals surface area (Å²) >= 11 is 0. The molecule has 0 bridgehead atoms. The summed E-state index contributed by atoms with van der Waals surface area (Å²) in [6, 6.07) is 22.6. The Bertz CT molecular complexity index is 1240. The SMILES string of the molecule is Cc1ccc(S(=O)(=O)OC[C@@H]2N=C(c3ccccc3)O[C@H]2c2ccc([S@](C)=O)cc2)cc1. The fourth-order valence-electron chi connectivity index (χ4n) is 3.37. The summed E-state index contributed by atoms with van der Waals surface area (Å²) < 4.78 is 48.6. The molecule has 1 heterocycles. The van der Waals surface area contributed by atoms with Crippen molar-refractivity contribution in [3.05, 3.63) is 95.6 Å². The van der Waals surface area contributed by atoms with Gasteiger partial charge >= 0.3 is 0 Å². The van der Waals surface area contributed by atoms with Crippen molar-refractivity contribution in [3.63, 3.8) is 0 Å². The van der Waals surface area contributed by atoms with Crippen LogP contribution in [0.4, 0.5) is 0 Å². The Morgan fingerprint density at radius 2 is 1.62 bits per heavy atom. The van der Waals surface area contributed by atoms with Gasteiger partial charge in [-0.1, -0.05) is 48.0 Å². The zero-order valence-corrected chi connectivity index (χ0v) is 19.3. The quantitative estimate of drug-likeness (QED) is 0.488. The van der Waals surface area contributed by atoms with Crippen LogP contribution in [0.25, 0.3) is 0 Å². The second-order valence-corrected chi connectivity index (χ2v) is 10.5. The number of ether oxygens (including phenoxy) is 1. The van der Waals surface area contributed by atoms with Crippen LogP contribution in [-0.2, 0) is 29.8 Å². The molecule has 166 valence electrons. The van der Waals surface area contributed by atoms with Crippen molar-refractivity contribution in [2.75, 3.05) is 12.9 Å². The third-order valence-corrected chi connectivity index (χ3v) is 7.37. The Morgan fingerprint density at radius 1 is 0.969 bits per heavy atom. The Morgan fingerprint density at radius 3 is 2.25 bits per heavy atom. The van der Waals surface area contributed by atoms with E-state index in [1.807, 2.05) is 49.4 Å². The summed E-state index contributed by atoms with van der Waals surface area (Å²) in [7, 11) is -5.03. The molecular formula is C24H23NO5S2. The van der Waals surface area contributed by atoms with Crippen molar-refractivity contribution in [2.45, 2.75) is 28.9 Å². The Balaban J connectivity index is 1.59. The smallest absolute Gasteiger partial charge is 0.297 e. The maximum Gasteiger partial charge on any atom is 0.297 e. The van der Waals surface area contributed by atoms with Gasteiger partial charge in [-0.15, -0.1) is 0 Å². The number of nitrogens with zero attached hydrogens (tertiary/aromatic N) is 1. The highest BCUT2D eigenvalue weighted by Gasteiger charge is 2.34. The van der Waals surface area contributed by atoms with Crippen LogP contribution in [-0.4, -0.2) is 37.4 Å². The molecule has 0 aromatic heterocycles. The van der Waals surface area contributed by atoms with Crippen molar-refractivity contribution >= 4 is 26.8 Å². The molecule has 0 saturated carbocycles. The van der Waals surface area contributed by atoms with Crippen molar-refractivity contribution in [1.29, 1.82) is 0 Å². The minimum absolute atomic E-state index is 0.0978. The number of benzene rings is 3. The average Bonchev–Trinajstić information content (AvgIpc) is 3.23. The van der Waals surface area contributed by atoms with E-state index in [0.717, 1.165) is 16.7 Å². The number of aryl methyl sites for hydroxylation is 1. The molecule has 6 nitrogen and oxygen atoms in total. The number of rotatable bonds is 7. The Kier molecular flexibility index (Phi) is 6.55. The lowest BCUT2D eigenvalue weighted by atomic mass is 10.0. The van der Waals surface area contributed by atoms with Gasteiger partial charge in [0.05, 0.1) is 11.5 Å². The van der Waals surface area contributed by atoms with Crippen LogP contribution >= 0.6 is 0 Å². The summed E-state index contributed by atoms with van der Waals surface area (Å²) in [5.74, 6) is 0.431. The first-order valence-electron chi connectivity index (χ1n) is 10.0. The molecule has 0 fully saturated rings. The Labute approximate surface area is 190 Å². The lowest BCUT2D eigenvalue weighted by molar-refractivity contribution is 0.162. The minimum atomic E-state index is -3.94. The molecule has 0 N–H and O–H groups in total. The van der Waals surface area contributed by atoms with Gasteiger partial charge in [0.1, 0.15) is 6.04 Å². The molecule has 0 amide bonds. The van der Waals surface area contributed by atoms with Gasteiger partial charge < -0.3 is 4.74 Å². The summed E-state index contributed by atoms with van der Waals surface area (Å²) in [5.41, 5.74) is 2.56. The van der Waals surface area contributed by atoms with Gasteiger partial charge in [0.2, 0.25) is 5.90 Å². The number of aliphatic imine (C=N–C) groups is 1. The first kappa shape index (κ1) is 22.4. The highest BCUT2D eigenvalue weighted by atomic mass is 32.2. The topological polar surface area (TPSA) is 82.0 Å². The zero-order chi connectivity index (χ0) is 22.7. The van der Waals surface area contributed by atoms with Crippen molar-refractivity contribution < 1.29 is 21.5 Å². The number of hydrogen-bond acceptors (Lipinski definition) is 6. The van der Waals surface area contributed by atoms with E-state index >= 15 is 0 Å². The van der Waals surface area contributed by atoms with E-state index in [-0.39, 0.29) is 11.5 Å². The van der Waals surface area contributed by atoms with Crippen LogP contribution < -0.4 is 0 Å². The van der Waals surface area contributed by atoms with Gasteiger partial charge in [0.25, 0.3) is 10.1 Å². The third-order valence-electron chi connectivity index (χ3n) is 5.14. The Hall–Kier alpha value is -2.81. The third kappa shape index (κ3) is 4.98. The highest BCUT2D eigenvalue weighted by Crippen LogP contribution is 2.32. The summed E-state index contributed by atoms with van der Waals surface area (Å²) in [6.07, 6.45) is 1.09. The van der Waals surface area contributed by atoms with Crippen LogP contribution in [0.3, 0.4) is 0 Å². The lowest BCUT2D eigenvalue weighted by Gasteiger charge is -2.18. The maximum atomic E-state index is 12.7. The monoisotopic (exact) mass is 469 g/mol. The molecular weight excluding hydrogens is 446 g/mol. The van der Waals surface area contributed by atoms with E-state index in [1.54, 1.807) is 30.5 Å². The predicted molar refractivity (Wildman–Crippen MR) is 124 cm³/mol. The lowest BCUT2D eigenvalue weighted by Crippen LogP contribution is -2.22. The molecule has 0 aliphatic carbocycles. The fraction of sp³-hybridized carbons (Fsp3) is 0.208. The molecule has 0 radical (unpaired) electrons. The van der Waals surface area contributed by atoms with E-state index in [4.69, 9.17) is 8.92 Å². The molecule has 1 aliphatic rings. The van der Waals surface area contributed by atoms with Crippen LogP contribution in [0.5, 0.6) is 0 Å². The highest BCUT2D eigenvalue weighted by molar-refractivity contribution is 7.86. The molecule has 0 spiro atoms. The van der Waals surface area contributed by atoms with E-state index in [1.165, 1.54) is 12.1 Å². The summed E-state index contributed by atoms with van der Waals surface area (Å²) in [6.45, 7) is 1.72. The van der Waals surface area contributed by atoms with Gasteiger partial charge in [0, 0.05) is 27.5 Å². The number of hydrogen-bond donors (Lipinski definition) is 0. The van der Waals surface area contributed by atoms with E-state index in [2.05, 4.69) is 4.99 Å². The van der Waals surface area contributed by atoms with Crippen molar-refractivity contribution in [2.24, 2.45) is 4.99 Å². The molecule has 3 aromatic rings. The van der Waals surface area contributed by atoms with Gasteiger partial charge in [-0.3, -0.25) is 8.39 Å². The van der Waals surface area contributed by atoms with E-state index < -0.39 is 33.1 Å². The molecule has 8 heteroatoms. The molecule has 4 rings (SSSR count).